The van der Waals surface area contributed by atoms with E-state index in [1.165, 1.54) is 24.6 Å². The van der Waals surface area contributed by atoms with Crippen LogP contribution in [0.25, 0.3) is 0 Å². The maximum atomic E-state index is 11.9. The molecular weight excluding hydrogens is 266 g/mol. The molecule has 1 N–H and O–H groups in total. The summed E-state index contributed by atoms with van der Waals surface area (Å²) in [5.41, 5.74) is 0.220. The molecule has 100 valence electrons. The van der Waals surface area contributed by atoms with Crippen LogP contribution in [0.2, 0.25) is 0 Å². The highest BCUT2D eigenvalue weighted by Crippen LogP contribution is 2.24. The zero-order chi connectivity index (χ0) is 14.4. The average molecular weight is 279 g/mol. The van der Waals surface area contributed by atoms with Crippen molar-refractivity contribution in [3.8, 4) is 6.07 Å². The van der Waals surface area contributed by atoms with Crippen molar-refractivity contribution in [3.05, 3.63) is 28.8 Å². The second-order valence-electron chi connectivity index (χ2n) is 3.73. The van der Waals surface area contributed by atoms with E-state index in [0.717, 1.165) is 0 Å². The van der Waals surface area contributed by atoms with E-state index >= 15 is 0 Å². The molecule has 1 amide bonds. The summed E-state index contributed by atoms with van der Waals surface area (Å²) in [5, 5.41) is 13.4. The molecular formula is C12H13N3O3S. The normalized spacial score (nSPS) is 10.5. The number of hydrogen-bond donors (Lipinski definition) is 1. The summed E-state index contributed by atoms with van der Waals surface area (Å²) < 4.78 is 4.60. The van der Waals surface area contributed by atoms with Crippen molar-refractivity contribution in [2.45, 2.75) is 0 Å². The van der Waals surface area contributed by atoms with Gasteiger partial charge in [0, 0.05) is 20.3 Å². The SMILES string of the molecule is COC(=O)c1ccsc1NC(=O)/C(C#N)=C\N(C)C. The molecule has 1 rings (SSSR count). The number of ether oxygens (including phenoxy) is 1. The Morgan fingerprint density at radius 1 is 1.53 bits per heavy atom. The third kappa shape index (κ3) is 3.82. The number of nitrogens with one attached hydrogen (secondary N) is 1. The largest absolute Gasteiger partial charge is 0.465 e. The fourth-order valence-electron chi connectivity index (χ4n) is 1.24. The minimum Gasteiger partial charge on any atom is -0.465 e. The Morgan fingerprint density at radius 2 is 2.21 bits per heavy atom. The van der Waals surface area contributed by atoms with Crippen molar-refractivity contribution in [1.29, 1.82) is 5.26 Å². The molecule has 0 saturated carbocycles. The number of thiophene rings is 1. The molecule has 0 spiro atoms. The molecule has 7 heteroatoms. The minimum absolute atomic E-state index is 0.0470. The van der Waals surface area contributed by atoms with Gasteiger partial charge in [-0.25, -0.2) is 4.79 Å². The van der Waals surface area contributed by atoms with Crippen LogP contribution in [0, 0.1) is 11.3 Å². The Bertz CT molecular complexity index is 555. The molecule has 0 radical (unpaired) electrons. The number of anilines is 1. The number of esters is 1. The molecule has 0 fully saturated rings. The minimum atomic E-state index is -0.566. The molecule has 19 heavy (non-hydrogen) atoms. The van der Waals surface area contributed by atoms with Gasteiger partial charge in [0.25, 0.3) is 5.91 Å². The van der Waals surface area contributed by atoms with Gasteiger partial charge in [0.2, 0.25) is 0 Å². The lowest BCUT2D eigenvalue weighted by Gasteiger charge is -2.07. The van der Waals surface area contributed by atoms with Gasteiger partial charge in [-0.15, -0.1) is 11.3 Å². The third-order valence-corrected chi connectivity index (χ3v) is 2.88. The molecule has 0 aliphatic heterocycles. The summed E-state index contributed by atoms with van der Waals surface area (Å²) in [6, 6.07) is 3.35. The van der Waals surface area contributed by atoms with Gasteiger partial charge in [-0.05, 0) is 11.4 Å². The van der Waals surface area contributed by atoms with Crippen molar-refractivity contribution in [1.82, 2.24) is 4.90 Å². The lowest BCUT2D eigenvalue weighted by atomic mass is 10.2. The first kappa shape index (κ1) is 14.7. The standard InChI is InChI=1S/C12H13N3O3S/c1-15(2)7-8(6-13)10(16)14-11-9(4-5-19-11)12(17)18-3/h4-5,7H,1-3H3,(H,14,16)/b8-7-. The molecule has 0 atom stereocenters. The van der Waals surface area contributed by atoms with Gasteiger partial charge >= 0.3 is 5.97 Å². The van der Waals surface area contributed by atoms with Crippen molar-refractivity contribution in [2.75, 3.05) is 26.5 Å². The maximum Gasteiger partial charge on any atom is 0.340 e. The number of carbonyl (C=O) groups is 2. The molecule has 0 unspecified atom stereocenters. The second-order valence-corrected chi connectivity index (χ2v) is 4.64. The molecule has 0 aliphatic carbocycles. The first-order chi connectivity index (χ1) is 8.99. The quantitative estimate of drug-likeness (QED) is 0.512. The van der Waals surface area contributed by atoms with Crippen LogP contribution in [0.4, 0.5) is 5.00 Å². The highest BCUT2D eigenvalue weighted by atomic mass is 32.1. The van der Waals surface area contributed by atoms with Gasteiger partial charge in [0.1, 0.15) is 16.6 Å². The Hall–Kier alpha value is -2.33. The zero-order valence-corrected chi connectivity index (χ0v) is 11.6. The Balaban J connectivity index is 2.92. The number of methoxy groups -OCH3 is 1. The van der Waals surface area contributed by atoms with Crippen LogP contribution in [0.5, 0.6) is 0 Å². The molecule has 0 saturated heterocycles. The van der Waals surface area contributed by atoms with E-state index in [4.69, 9.17) is 5.26 Å². The third-order valence-electron chi connectivity index (χ3n) is 2.05. The van der Waals surface area contributed by atoms with Crippen molar-refractivity contribution >= 4 is 28.2 Å². The predicted octanol–water partition coefficient (Wildman–Crippen LogP) is 1.44. The molecule has 6 nitrogen and oxygen atoms in total. The second kappa shape index (κ2) is 6.56. The van der Waals surface area contributed by atoms with Crippen LogP contribution in [0.15, 0.2) is 23.2 Å². The van der Waals surface area contributed by atoms with E-state index < -0.39 is 11.9 Å². The Labute approximate surface area is 114 Å². The Kier molecular flexibility index (Phi) is 5.09. The molecule has 1 aromatic rings. The lowest BCUT2D eigenvalue weighted by molar-refractivity contribution is -0.112. The lowest BCUT2D eigenvalue weighted by Crippen LogP contribution is -2.17. The fraction of sp³-hybridized carbons (Fsp3) is 0.250. The first-order valence-corrected chi connectivity index (χ1v) is 6.13. The predicted molar refractivity (Wildman–Crippen MR) is 71.7 cm³/mol. The summed E-state index contributed by atoms with van der Waals surface area (Å²) >= 11 is 1.19. The highest BCUT2D eigenvalue weighted by Gasteiger charge is 2.17. The molecule has 1 aromatic heterocycles. The summed E-state index contributed by atoms with van der Waals surface area (Å²) in [5.74, 6) is -1.10. The van der Waals surface area contributed by atoms with E-state index in [-0.39, 0.29) is 11.1 Å². The maximum absolute atomic E-state index is 11.9. The van der Waals surface area contributed by atoms with Crippen LogP contribution < -0.4 is 5.32 Å². The van der Waals surface area contributed by atoms with E-state index in [1.54, 1.807) is 36.5 Å². The first-order valence-electron chi connectivity index (χ1n) is 5.25. The van der Waals surface area contributed by atoms with Gasteiger partial charge in [0.15, 0.2) is 0 Å². The number of rotatable bonds is 4. The van der Waals surface area contributed by atoms with E-state index in [2.05, 4.69) is 10.1 Å². The number of nitrogens with zero attached hydrogens (tertiary/aromatic N) is 2. The molecule has 0 bridgehead atoms. The van der Waals surface area contributed by atoms with Crippen LogP contribution in [0.3, 0.4) is 0 Å². The molecule has 0 aromatic carbocycles. The monoisotopic (exact) mass is 279 g/mol. The van der Waals surface area contributed by atoms with Crippen molar-refractivity contribution in [3.63, 3.8) is 0 Å². The van der Waals surface area contributed by atoms with E-state index in [1.807, 2.05) is 0 Å². The summed E-state index contributed by atoms with van der Waals surface area (Å²) in [4.78, 5) is 24.9. The van der Waals surface area contributed by atoms with Gasteiger partial charge < -0.3 is 15.0 Å². The molecule has 0 aliphatic rings. The summed E-state index contributed by atoms with van der Waals surface area (Å²) in [7, 11) is 4.67. The number of carbonyl (C=O) groups excluding carboxylic acids is 2. The number of hydrogen-bond acceptors (Lipinski definition) is 6. The highest BCUT2D eigenvalue weighted by molar-refractivity contribution is 7.14. The number of amides is 1. The van der Waals surface area contributed by atoms with Gasteiger partial charge in [-0.3, -0.25) is 4.79 Å². The zero-order valence-electron chi connectivity index (χ0n) is 10.8. The van der Waals surface area contributed by atoms with Crippen LogP contribution >= 0.6 is 11.3 Å². The fourth-order valence-corrected chi connectivity index (χ4v) is 2.01. The average Bonchev–Trinajstić information content (AvgIpc) is 2.82. The Morgan fingerprint density at radius 3 is 2.74 bits per heavy atom. The van der Waals surface area contributed by atoms with Gasteiger partial charge in [0.05, 0.1) is 12.7 Å². The number of nitriles is 1. The van der Waals surface area contributed by atoms with Crippen LogP contribution in [0.1, 0.15) is 10.4 Å². The summed E-state index contributed by atoms with van der Waals surface area (Å²) in [6.45, 7) is 0. The van der Waals surface area contributed by atoms with Crippen molar-refractivity contribution in [2.24, 2.45) is 0 Å². The smallest absolute Gasteiger partial charge is 0.340 e. The van der Waals surface area contributed by atoms with E-state index in [0.29, 0.717) is 5.00 Å². The topological polar surface area (TPSA) is 82.4 Å². The van der Waals surface area contributed by atoms with Gasteiger partial charge in [-0.2, -0.15) is 5.26 Å². The van der Waals surface area contributed by atoms with Gasteiger partial charge in [-0.1, -0.05) is 0 Å². The van der Waals surface area contributed by atoms with Crippen LogP contribution in [-0.2, 0) is 9.53 Å². The van der Waals surface area contributed by atoms with Crippen LogP contribution in [-0.4, -0.2) is 38.0 Å². The van der Waals surface area contributed by atoms with Crippen molar-refractivity contribution < 1.29 is 14.3 Å². The summed E-state index contributed by atoms with van der Waals surface area (Å²) in [6.07, 6.45) is 1.40. The molecule has 1 heterocycles. The van der Waals surface area contributed by atoms with E-state index in [9.17, 15) is 9.59 Å².